The van der Waals surface area contributed by atoms with Crippen LogP contribution in [0, 0.1) is 0 Å². The molecule has 0 saturated carbocycles. The number of carbonyl (C=O) groups is 3. The monoisotopic (exact) mass is 540 g/mol. The van der Waals surface area contributed by atoms with E-state index < -0.39 is 18.1 Å². The summed E-state index contributed by atoms with van der Waals surface area (Å²) in [6, 6.07) is -1.41. The third-order valence-corrected chi connectivity index (χ3v) is 6.94. The molecule has 0 aliphatic heterocycles. The van der Waals surface area contributed by atoms with Crippen LogP contribution in [0.3, 0.4) is 0 Å². The van der Waals surface area contributed by atoms with Gasteiger partial charge in [-0.2, -0.15) is 0 Å². The standard InChI is InChI=1S/C30H60N4O4/c1-3-5-6-7-8-9-10-11-12-13-14-15-16-23-28(35)33-26(21-17-19-24-31)29(36)34-27(22-18-20-25-32)30(37)38-4-2/h26-27H,3-25,31-32H2,1-2H3,(H,33,35)(H,34,36)/t26-,27-/m1/s1. The van der Waals surface area contributed by atoms with Crippen LogP contribution in [0.25, 0.3) is 0 Å². The second kappa shape index (κ2) is 26.9. The average Bonchev–Trinajstić information content (AvgIpc) is 2.90. The summed E-state index contributed by atoms with van der Waals surface area (Å²) in [5.74, 6) is -0.903. The molecule has 224 valence electrons. The summed E-state index contributed by atoms with van der Waals surface area (Å²) in [5, 5.41) is 5.71. The van der Waals surface area contributed by atoms with Gasteiger partial charge in [-0.05, 0) is 65.0 Å². The lowest BCUT2D eigenvalue weighted by molar-refractivity contribution is -0.148. The molecule has 8 nitrogen and oxygen atoms in total. The molecule has 2 amide bonds. The first kappa shape index (κ1) is 36.3. The van der Waals surface area contributed by atoms with Crippen molar-refractivity contribution in [2.45, 2.75) is 154 Å². The number of nitrogens with one attached hydrogen (secondary N) is 2. The molecule has 0 spiro atoms. The highest BCUT2D eigenvalue weighted by molar-refractivity contribution is 5.90. The number of hydrogen-bond donors (Lipinski definition) is 4. The maximum Gasteiger partial charge on any atom is 0.328 e. The minimum absolute atomic E-state index is 0.114. The maximum atomic E-state index is 13.0. The second-order valence-corrected chi connectivity index (χ2v) is 10.5. The van der Waals surface area contributed by atoms with E-state index in [2.05, 4.69) is 17.6 Å². The molecule has 0 saturated heterocycles. The van der Waals surface area contributed by atoms with Gasteiger partial charge in [0.15, 0.2) is 0 Å². The van der Waals surface area contributed by atoms with Crippen molar-refractivity contribution in [1.29, 1.82) is 0 Å². The fourth-order valence-electron chi connectivity index (χ4n) is 4.59. The molecule has 0 rings (SSSR count). The van der Waals surface area contributed by atoms with E-state index in [1.807, 2.05) is 0 Å². The summed E-state index contributed by atoms with van der Waals surface area (Å²) in [5.41, 5.74) is 11.2. The minimum atomic E-state index is -0.732. The van der Waals surface area contributed by atoms with Crippen LogP contribution in [0.4, 0.5) is 0 Å². The van der Waals surface area contributed by atoms with E-state index in [9.17, 15) is 14.4 Å². The molecule has 6 N–H and O–H groups in total. The van der Waals surface area contributed by atoms with Crippen molar-refractivity contribution >= 4 is 17.8 Å². The van der Waals surface area contributed by atoms with Gasteiger partial charge in [-0.15, -0.1) is 0 Å². The molecule has 8 heteroatoms. The molecule has 0 aliphatic rings. The minimum Gasteiger partial charge on any atom is -0.464 e. The van der Waals surface area contributed by atoms with Crippen LogP contribution in [0.5, 0.6) is 0 Å². The van der Waals surface area contributed by atoms with E-state index in [1.165, 1.54) is 64.2 Å². The van der Waals surface area contributed by atoms with Gasteiger partial charge in [0.2, 0.25) is 11.8 Å². The Hall–Kier alpha value is -1.67. The fourth-order valence-corrected chi connectivity index (χ4v) is 4.59. The Morgan fingerprint density at radius 1 is 0.605 bits per heavy atom. The zero-order valence-electron chi connectivity index (χ0n) is 24.7. The van der Waals surface area contributed by atoms with E-state index in [1.54, 1.807) is 6.92 Å². The lowest BCUT2D eigenvalue weighted by Crippen LogP contribution is -2.52. The molecular formula is C30H60N4O4. The highest BCUT2D eigenvalue weighted by Crippen LogP contribution is 2.13. The third kappa shape index (κ3) is 21.3. The molecule has 0 aromatic rings. The number of amides is 2. The molecule has 0 radical (unpaired) electrons. The van der Waals surface area contributed by atoms with Crippen LogP contribution < -0.4 is 22.1 Å². The van der Waals surface area contributed by atoms with Crippen molar-refractivity contribution in [2.75, 3.05) is 19.7 Å². The quantitative estimate of drug-likeness (QED) is 0.0829. The van der Waals surface area contributed by atoms with Crippen molar-refractivity contribution in [3.05, 3.63) is 0 Å². The number of carbonyl (C=O) groups excluding carboxylic acids is 3. The van der Waals surface area contributed by atoms with Gasteiger partial charge in [0.05, 0.1) is 6.61 Å². The highest BCUT2D eigenvalue weighted by Gasteiger charge is 2.27. The number of hydrogen-bond acceptors (Lipinski definition) is 6. The summed E-state index contributed by atoms with van der Waals surface area (Å²) in [4.78, 5) is 38.0. The van der Waals surface area contributed by atoms with E-state index in [-0.39, 0.29) is 18.4 Å². The van der Waals surface area contributed by atoms with Crippen LogP contribution in [-0.2, 0) is 19.1 Å². The van der Waals surface area contributed by atoms with Crippen molar-refractivity contribution < 1.29 is 19.1 Å². The maximum absolute atomic E-state index is 13.0. The van der Waals surface area contributed by atoms with Crippen LogP contribution in [0.2, 0.25) is 0 Å². The Kier molecular flexibility index (Phi) is 25.7. The molecule has 0 bridgehead atoms. The predicted octanol–water partition coefficient (Wildman–Crippen LogP) is 5.26. The number of ether oxygens (including phenoxy) is 1. The SMILES string of the molecule is CCCCCCCCCCCCCCCC(=O)N[C@H](CCCCN)C(=O)N[C@H](CCCCN)C(=O)OCC. The van der Waals surface area contributed by atoms with E-state index in [4.69, 9.17) is 16.2 Å². The predicted molar refractivity (Wildman–Crippen MR) is 157 cm³/mol. The molecule has 0 unspecified atom stereocenters. The first-order valence-corrected chi connectivity index (χ1v) is 15.7. The molecular weight excluding hydrogens is 480 g/mol. The Balaban J connectivity index is 4.37. The van der Waals surface area contributed by atoms with Crippen molar-refractivity contribution in [2.24, 2.45) is 11.5 Å². The van der Waals surface area contributed by atoms with Crippen LogP contribution >= 0.6 is 0 Å². The summed E-state index contributed by atoms with van der Waals surface area (Å²) in [6.07, 6.45) is 20.7. The zero-order chi connectivity index (χ0) is 28.3. The molecule has 0 aromatic carbocycles. The summed E-state index contributed by atoms with van der Waals surface area (Å²) < 4.78 is 5.14. The third-order valence-electron chi connectivity index (χ3n) is 6.94. The average molecular weight is 541 g/mol. The highest BCUT2D eigenvalue weighted by atomic mass is 16.5. The van der Waals surface area contributed by atoms with Gasteiger partial charge in [0.1, 0.15) is 12.1 Å². The van der Waals surface area contributed by atoms with Gasteiger partial charge in [-0.3, -0.25) is 9.59 Å². The van der Waals surface area contributed by atoms with Gasteiger partial charge in [0, 0.05) is 6.42 Å². The number of rotatable bonds is 27. The molecule has 38 heavy (non-hydrogen) atoms. The lowest BCUT2D eigenvalue weighted by atomic mass is 10.0. The molecule has 0 fully saturated rings. The molecule has 2 atom stereocenters. The Bertz CT molecular complexity index is 589. The summed E-state index contributed by atoms with van der Waals surface area (Å²) in [6.45, 7) is 5.30. The largest absolute Gasteiger partial charge is 0.464 e. The van der Waals surface area contributed by atoms with Crippen molar-refractivity contribution in [3.8, 4) is 0 Å². The van der Waals surface area contributed by atoms with Crippen molar-refractivity contribution in [1.82, 2.24) is 10.6 Å². The normalized spacial score (nSPS) is 12.6. The number of nitrogens with two attached hydrogens (primary N) is 2. The molecule has 0 heterocycles. The Morgan fingerprint density at radius 3 is 1.55 bits per heavy atom. The Morgan fingerprint density at radius 2 is 1.08 bits per heavy atom. The summed E-state index contributed by atoms with van der Waals surface area (Å²) in [7, 11) is 0. The van der Waals surface area contributed by atoms with Gasteiger partial charge in [-0.25, -0.2) is 4.79 Å². The van der Waals surface area contributed by atoms with Crippen LogP contribution in [0.15, 0.2) is 0 Å². The first-order valence-electron chi connectivity index (χ1n) is 15.7. The van der Waals surface area contributed by atoms with E-state index in [0.29, 0.717) is 38.8 Å². The molecule has 0 aromatic heterocycles. The number of esters is 1. The second-order valence-electron chi connectivity index (χ2n) is 10.5. The lowest BCUT2D eigenvalue weighted by Gasteiger charge is -2.22. The number of unbranched alkanes of at least 4 members (excludes halogenated alkanes) is 14. The zero-order valence-corrected chi connectivity index (χ0v) is 24.7. The topological polar surface area (TPSA) is 137 Å². The van der Waals surface area contributed by atoms with Crippen LogP contribution in [-0.4, -0.2) is 49.6 Å². The van der Waals surface area contributed by atoms with Gasteiger partial charge < -0.3 is 26.8 Å². The smallest absolute Gasteiger partial charge is 0.328 e. The van der Waals surface area contributed by atoms with Crippen molar-refractivity contribution in [3.63, 3.8) is 0 Å². The van der Waals surface area contributed by atoms with E-state index >= 15 is 0 Å². The van der Waals surface area contributed by atoms with Crippen LogP contribution in [0.1, 0.15) is 142 Å². The van der Waals surface area contributed by atoms with E-state index in [0.717, 1.165) is 38.5 Å². The fraction of sp³-hybridized carbons (Fsp3) is 0.900. The van der Waals surface area contributed by atoms with Gasteiger partial charge >= 0.3 is 5.97 Å². The Labute approximate surface area is 233 Å². The first-order chi connectivity index (χ1) is 18.5. The van der Waals surface area contributed by atoms with Gasteiger partial charge in [0.25, 0.3) is 0 Å². The summed E-state index contributed by atoms with van der Waals surface area (Å²) >= 11 is 0. The molecule has 0 aliphatic carbocycles. The van der Waals surface area contributed by atoms with Gasteiger partial charge in [-0.1, -0.05) is 84.0 Å².